The highest BCUT2D eigenvalue weighted by molar-refractivity contribution is 8.00. The molecule has 0 radical (unpaired) electrons. The number of hydrogen-bond acceptors (Lipinski definition) is 3. The normalized spacial score (nSPS) is 11.8. The quantitative estimate of drug-likeness (QED) is 0.826. The summed E-state index contributed by atoms with van der Waals surface area (Å²) in [6.45, 7) is 2.30. The molecule has 0 fully saturated rings. The first kappa shape index (κ1) is 16.4. The molecule has 5 heteroatoms. The standard InChI is InChI=1S/C17H18FNO2S/c1-12(22-16-9-5-14(18)6-10-16)17(20)19-11-13-3-7-15(21-2)8-4-13/h3-10,12H,11H2,1-2H3,(H,19,20). The van der Waals surface area contributed by atoms with Crippen molar-refractivity contribution in [3.63, 3.8) is 0 Å². The number of methoxy groups -OCH3 is 1. The smallest absolute Gasteiger partial charge is 0.233 e. The predicted molar refractivity (Wildman–Crippen MR) is 86.6 cm³/mol. The first-order valence-electron chi connectivity index (χ1n) is 6.91. The van der Waals surface area contributed by atoms with Gasteiger partial charge in [0, 0.05) is 11.4 Å². The molecule has 22 heavy (non-hydrogen) atoms. The fourth-order valence-electron chi connectivity index (χ4n) is 1.85. The highest BCUT2D eigenvalue weighted by Gasteiger charge is 2.14. The van der Waals surface area contributed by atoms with E-state index in [9.17, 15) is 9.18 Å². The molecule has 1 unspecified atom stereocenters. The van der Waals surface area contributed by atoms with Crippen LogP contribution in [0.4, 0.5) is 4.39 Å². The van der Waals surface area contributed by atoms with Crippen molar-refractivity contribution in [2.24, 2.45) is 0 Å². The summed E-state index contributed by atoms with van der Waals surface area (Å²) < 4.78 is 17.9. The van der Waals surface area contributed by atoms with Gasteiger partial charge in [-0.15, -0.1) is 11.8 Å². The van der Waals surface area contributed by atoms with Gasteiger partial charge in [0.1, 0.15) is 11.6 Å². The van der Waals surface area contributed by atoms with E-state index in [4.69, 9.17) is 4.74 Å². The van der Waals surface area contributed by atoms with E-state index >= 15 is 0 Å². The third kappa shape index (κ3) is 4.77. The molecule has 1 amide bonds. The first-order valence-corrected chi connectivity index (χ1v) is 7.79. The molecular formula is C17H18FNO2S. The zero-order chi connectivity index (χ0) is 15.9. The van der Waals surface area contributed by atoms with Gasteiger partial charge in [0.15, 0.2) is 0 Å². The first-order chi connectivity index (χ1) is 10.6. The van der Waals surface area contributed by atoms with Gasteiger partial charge >= 0.3 is 0 Å². The molecule has 0 aromatic heterocycles. The predicted octanol–water partition coefficient (Wildman–Crippen LogP) is 3.63. The molecule has 0 saturated carbocycles. The van der Waals surface area contributed by atoms with Crippen molar-refractivity contribution in [2.45, 2.75) is 23.6 Å². The van der Waals surface area contributed by atoms with Gasteiger partial charge in [-0.1, -0.05) is 12.1 Å². The number of hydrogen-bond donors (Lipinski definition) is 1. The summed E-state index contributed by atoms with van der Waals surface area (Å²) in [5.41, 5.74) is 1.01. The lowest BCUT2D eigenvalue weighted by molar-refractivity contribution is -0.120. The molecule has 0 aliphatic heterocycles. The van der Waals surface area contributed by atoms with Crippen LogP contribution in [0.3, 0.4) is 0 Å². The summed E-state index contributed by atoms with van der Waals surface area (Å²) >= 11 is 1.40. The number of thioether (sulfide) groups is 1. The van der Waals surface area contributed by atoms with Crippen molar-refractivity contribution >= 4 is 17.7 Å². The van der Waals surface area contributed by atoms with Gasteiger partial charge in [-0.05, 0) is 48.9 Å². The van der Waals surface area contributed by atoms with Crippen molar-refractivity contribution in [3.05, 3.63) is 59.9 Å². The van der Waals surface area contributed by atoms with E-state index in [-0.39, 0.29) is 17.0 Å². The number of amides is 1. The summed E-state index contributed by atoms with van der Waals surface area (Å²) in [4.78, 5) is 12.9. The zero-order valence-electron chi connectivity index (χ0n) is 12.5. The molecule has 1 atom stereocenters. The molecule has 0 aliphatic rings. The lowest BCUT2D eigenvalue weighted by atomic mass is 10.2. The van der Waals surface area contributed by atoms with Crippen LogP contribution in [0.25, 0.3) is 0 Å². The van der Waals surface area contributed by atoms with Gasteiger partial charge in [-0.3, -0.25) is 4.79 Å². The molecular weight excluding hydrogens is 301 g/mol. The van der Waals surface area contributed by atoms with Crippen molar-refractivity contribution in [1.82, 2.24) is 5.32 Å². The third-order valence-electron chi connectivity index (χ3n) is 3.12. The summed E-state index contributed by atoms with van der Waals surface area (Å²) in [6.07, 6.45) is 0. The maximum absolute atomic E-state index is 12.8. The Balaban J connectivity index is 1.84. The van der Waals surface area contributed by atoms with Gasteiger partial charge in [-0.2, -0.15) is 0 Å². The van der Waals surface area contributed by atoms with Crippen LogP contribution in [-0.2, 0) is 11.3 Å². The number of carbonyl (C=O) groups is 1. The SMILES string of the molecule is COc1ccc(CNC(=O)C(C)Sc2ccc(F)cc2)cc1. The Morgan fingerprint density at radius 1 is 1.18 bits per heavy atom. The van der Waals surface area contributed by atoms with E-state index in [1.807, 2.05) is 31.2 Å². The molecule has 0 spiro atoms. The maximum Gasteiger partial charge on any atom is 0.233 e. The topological polar surface area (TPSA) is 38.3 Å². The second kappa shape index (κ2) is 7.84. The summed E-state index contributed by atoms with van der Waals surface area (Å²) in [6, 6.07) is 13.7. The Kier molecular flexibility index (Phi) is 5.83. The summed E-state index contributed by atoms with van der Waals surface area (Å²) in [5.74, 6) is 0.460. The Labute approximate surface area is 133 Å². The largest absolute Gasteiger partial charge is 0.497 e. The highest BCUT2D eigenvalue weighted by atomic mass is 32.2. The second-order valence-corrected chi connectivity index (χ2v) is 6.19. The van der Waals surface area contributed by atoms with Crippen LogP contribution in [0.15, 0.2) is 53.4 Å². The molecule has 116 valence electrons. The Morgan fingerprint density at radius 2 is 1.82 bits per heavy atom. The molecule has 0 saturated heterocycles. The van der Waals surface area contributed by atoms with Gasteiger partial charge in [0.25, 0.3) is 0 Å². The average molecular weight is 319 g/mol. The van der Waals surface area contributed by atoms with Crippen LogP contribution >= 0.6 is 11.8 Å². The highest BCUT2D eigenvalue weighted by Crippen LogP contribution is 2.23. The fraction of sp³-hybridized carbons (Fsp3) is 0.235. The van der Waals surface area contributed by atoms with Crippen LogP contribution in [0.5, 0.6) is 5.75 Å². The van der Waals surface area contributed by atoms with E-state index in [1.165, 1.54) is 23.9 Å². The van der Waals surface area contributed by atoms with Crippen molar-refractivity contribution in [1.29, 1.82) is 0 Å². The van der Waals surface area contributed by atoms with Crippen LogP contribution in [0.1, 0.15) is 12.5 Å². The summed E-state index contributed by atoms with van der Waals surface area (Å²) in [5, 5.41) is 2.65. The van der Waals surface area contributed by atoms with E-state index in [0.717, 1.165) is 16.2 Å². The van der Waals surface area contributed by atoms with Crippen molar-refractivity contribution < 1.29 is 13.9 Å². The second-order valence-electron chi connectivity index (χ2n) is 4.78. The van der Waals surface area contributed by atoms with Gasteiger partial charge < -0.3 is 10.1 Å². The Hall–Kier alpha value is -2.01. The van der Waals surface area contributed by atoms with E-state index in [0.29, 0.717) is 6.54 Å². The van der Waals surface area contributed by atoms with Gasteiger partial charge in [-0.25, -0.2) is 4.39 Å². The molecule has 2 rings (SSSR count). The van der Waals surface area contributed by atoms with Crippen LogP contribution in [0.2, 0.25) is 0 Å². The Morgan fingerprint density at radius 3 is 2.41 bits per heavy atom. The molecule has 2 aromatic carbocycles. The number of benzene rings is 2. The number of nitrogens with one attached hydrogen (secondary N) is 1. The molecule has 3 nitrogen and oxygen atoms in total. The lowest BCUT2D eigenvalue weighted by Crippen LogP contribution is -2.30. The molecule has 2 aromatic rings. The van der Waals surface area contributed by atoms with Crippen LogP contribution in [0, 0.1) is 5.82 Å². The van der Waals surface area contributed by atoms with E-state index in [2.05, 4.69) is 5.32 Å². The van der Waals surface area contributed by atoms with E-state index < -0.39 is 0 Å². The van der Waals surface area contributed by atoms with Crippen LogP contribution in [-0.4, -0.2) is 18.3 Å². The van der Waals surface area contributed by atoms with Gasteiger partial charge in [0.2, 0.25) is 5.91 Å². The lowest BCUT2D eigenvalue weighted by Gasteiger charge is -2.12. The zero-order valence-corrected chi connectivity index (χ0v) is 13.3. The van der Waals surface area contributed by atoms with E-state index in [1.54, 1.807) is 19.2 Å². The molecule has 0 heterocycles. The minimum absolute atomic E-state index is 0.0508. The van der Waals surface area contributed by atoms with Gasteiger partial charge in [0.05, 0.1) is 12.4 Å². The fourth-order valence-corrected chi connectivity index (χ4v) is 2.74. The molecule has 0 aliphatic carbocycles. The van der Waals surface area contributed by atoms with Crippen molar-refractivity contribution in [2.75, 3.05) is 7.11 Å². The third-order valence-corrected chi connectivity index (χ3v) is 4.23. The van der Waals surface area contributed by atoms with Crippen LogP contribution < -0.4 is 10.1 Å². The molecule has 0 bridgehead atoms. The minimum Gasteiger partial charge on any atom is -0.497 e. The number of carbonyl (C=O) groups excluding carboxylic acids is 1. The number of ether oxygens (including phenoxy) is 1. The molecule has 1 N–H and O–H groups in total. The minimum atomic E-state index is -0.277. The number of halogens is 1. The Bertz CT molecular complexity index is 614. The summed E-state index contributed by atoms with van der Waals surface area (Å²) in [7, 11) is 1.62. The van der Waals surface area contributed by atoms with Crippen molar-refractivity contribution in [3.8, 4) is 5.75 Å². The average Bonchev–Trinajstić information content (AvgIpc) is 2.55. The number of rotatable bonds is 6. The monoisotopic (exact) mass is 319 g/mol. The maximum atomic E-state index is 12.8.